The van der Waals surface area contributed by atoms with Crippen LogP contribution in [0.1, 0.15) is 5.56 Å². The quantitative estimate of drug-likeness (QED) is 0.524. The number of hydrogen-bond donors (Lipinski definition) is 1. The van der Waals surface area contributed by atoms with E-state index in [-0.39, 0.29) is 22.9 Å². The monoisotopic (exact) mass is 289 g/mol. The zero-order chi connectivity index (χ0) is 15.6. The number of nitro groups is 2. The number of nitrogens with zero attached hydrogens (tertiary/aromatic N) is 2. The van der Waals surface area contributed by atoms with Crippen molar-refractivity contribution in [3.63, 3.8) is 0 Å². The van der Waals surface area contributed by atoms with Crippen LogP contribution in [0.15, 0.2) is 36.4 Å². The first-order valence-electron chi connectivity index (χ1n) is 5.86. The van der Waals surface area contributed by atoms with E-state index >= 15 is 0 Å². The van der Waals surface area contributed by atoms with Gasteiger partial charge in [-0.25, -0.2) is 0 Å². The zero-order valence-corrected chi connectivity index (χ0v) is 11.0. The van der Waals surface area contributed by atoms with Gasteiger partial charge in [0.2, 0.25) is 11.5 Å². The lowest BCUT2D eigenvalue weighted by atomic mass is 10.2. The van der Waals surface area contributed by atoms with Crippen LogP contribution in [0.5, 0.6) is 11.5 Å². The SMILES string of the molecule is Cc1ccc([N+](=O)[O-])c(Oc2cccc(N)c2[N+](=O)[O-])c1. The van der Waals surface area contributed by atoms with Gasteiger partial charge in [0.25, 0.3) is 0 Å². The molecule has 108 valence electrons. The number of para-hydroxylation sites is 1. The van der Waals surface area contributed by atoms with E-state index in [1.807, 2.05) is 0 Å². The summed E-state index contributed by atoms with van der Waals surface area (Å²) in [6, 6.07) is 8.43. The molecule has 21 heavy (non-hydrogen) atoms. The predicted octanol–water partition coefficient (Wildman–Crippen LogP) is 3.19. The average Bonchev–Trinajstić information content (AvgIpc) is 2.37. The molecule has 0 amide bonds. The summed E-state index contributed by atoms with van der Waals surface area (Å²) in [7, 11) is 0. The molecule has 0 bridgehead atoms. The molecule has 2 aromatic carbocycles. The van der Waals surface area contributed by atoms with Crippen molar-refractivity contribution in [2.24, 2.45) is 0 Å². The fourth-order valence-corrected chi connectivity index (χ4v) is 1.79. The van der Waals surface area contributed by atoms with Crippen LogP contribution < -0.4 is 10.5 Å². The van der Waals surface area contributed by atoms with E-state index < -0.39 is 15.5 Å². The first-order valence-corrected chi connectivity index (χ1v) is 5.86. The Morgan fingerprint density at radius 3 is 2.38 bits per heavy atom. The molecule has 0 aliphatic rings. The Hall–Kier alpha value is -3.16. The second-order valence-corrected chi connectivity index (χ2v) is 4.28. The molecule has 2 rings (SSSR count). The highest BCUT2D eigenvalue weighted by Gasteiger charge is 2.23. The topological polar surface area (TPSA) is 122 Å². The molecule has 0 heterocycles. The van der Waals surface area contributed by atoms with Crippen LogP contribution in [-0.2, 0) is 0 Å². The lowest BCUT2D eigenvalue weighted by Crippen LogP contribution is -2.00. The van der Waals surface area contributed by atoms with E-state index in [9.17, 15) is 20.2 Å². The molecule has 0 fully saturated rings. The van der Waals surface area contributed by atoms with Crippen molar-refractivity contribution in [2.75, 3.05) is 5.73 Å². The Kier molecular flexibility index (Phi) is 3.70. The summed E-state index contributed by atoms with van der Waals surface area (Å²) in [5.74, 6) is -0.220. The van der Waals surface area contributed by atoms with Gasteiger partial charge in [0, 0.05) is 6.07 Å². The Morgan fingerprint density at radius 2 is 1.76 bits per heavy atom. The van der Waals surface area contributed by atoms with E-state index in [4.69, 9.17) is 10.5 Å². The summed E-state index contributed by atoms with van der Waals surface area (Å²) in [5, 5.41) is 22.0. The predicted molar refractivity (Wildman–Crippen MR) is 75.4 cm³/mol. The number of nitrogen functional groups attached to an aromatic ring is 1. The largest absolute Gasteiger partial charge is 0.443 e. The van der Waals surface area contributed by atoms with Gasteiger partial charge in [0.15, 0.2) is 0 Å². The normalized spacial score (nSPS) is 10.1. The smallest absolute Gasteiger partial charge is 0.334 e. The molecule has 2 aromatic rings. The van der Waals surface area contributed by atoms with E-state index in [0.29, 0.717) is 0 Å². The molecule has 0 aromatic heterocycles. The van der Waals surface area contributed by atoms with Crippen LogP contribution in [-0.4, -0.2) is 9.85 Å². The first-order chi connectivity index (χ1) is 9.90. The summed E-state index contributed by atoms with van der Waals surface area (Å²) in [5.41, 5.74) is 5.49. The van der Waals surface area contributed by atoms with Crippen LogP contribution in [0, 0.1) is 27.2 Å². The fraction of sp³-hybridized carbons (Fsp3) is 0.0769. The summed E-state index contributed by atoms with van der Waals surface area (Å²) >= 11 is 0. The van der Waals surface area contributed by atoms with Crippen molar-refractivity contribution in [3.8, 4) is 11.5 Å². The molecule has 0 saturated heterocycles. The molecule has 8 heteroatoms. The molecule has 0 radical (unpaired) electrons. The molecular weight excluding hydrogens is 278 g/mol. The Balaban J connectivity index is 2.53. The van der Waals surface area contributed by atoms with Crippen LogP contribution in [0.2, 0.25) is 0 Å². The third-order valence-electron chi connectivity index (χ3n) is 2.74. The highest BCUT2D eigenvalue weighted by atomic mass is 16.6. The van der Waals surface area contributed by atoms with Crippen LogP contribution in [0.3, 0.4) is 0 Å². The first kappa shape index (κ1) is 14.3. The van der Waals surface area contributed by atoms with E-state index in [1.54, 1.807) is 13.0 Å². The minimum atomic E-state index is -0.688. The summed E-state index contributed by atoms with van der Waals surface area (Å²) in [6.45, 7) is 1.73. The van der Waals surface area contributed by atoms with Crippen molar-refractivity contribution in [2.45, 2.75) is 6.92 Å². The van der Waals surface area contributed by atoms with Gasteiger partial charge in [-0.05, 0) is 30.7 Å². The van der Waals surface area contributed by atoms with E-state index in [0.717, 1.165) is 5.56 Å². The van der Waals surface area contributed by atoms with Gasteiger partial charge in [0.1, 0.15) is 5.69 Å². The van der Waals surface area contributed by atoms with Gasteiger partial charge in [-0.2, -0.15) is 0 Å². The maximum absolute atomic E-state index is 11.0. The number of aryl methyl sites for hydroxylation is 1. The maximum Gasteiger partial charge on any atom is 0.334 e. The number of anilines is 1. The standard InChI is InChI=1S/C13H11N3O5/c1-8-5-6-10(15(17)18)12(7-8)21-11-4-2-3-9(14)13(11)16(19)20/h2-7H,14H2,1H3. The molecule has 2 N–H and O–H groups in total. The van der Waals surface area contributed by atoms with Crippen LogP contribution >= 0.6 is 0 Å². The molecular formula is C13H11N3O5. The lowest BCUT2D eigenvalue weighted by molar-refractivity contribution is -0.387. The maximum atomic E-state index is 11.0. The van der Waals surface area contributed by atoms with Crippen molar-refractivity contribution in [1.29, 1.82) is 0 Å². The summed E-state index contributed by atoms with van der Waals surface area (Å²) in [6.07, 6.45) is 0. The Morgan fingerprint density at radius 1 is 1.05 bits per heavy atom. The van der Waals surface area contributed by atoms with Crippen molar-refractivity contribution in [3.05, 3.63) is 62.2 Å². The Labute approximate surface area is 119 Å². The minimum Gasteiger partial charge on any atom is -0.443 e. The Bertz CT molecular complexity index is 730. The van der Waals surface area contributed by atoms with E-state index in [2.05, 4.69) is 0 Å². The number of nitro benzene ring substituents is 2. The molecule has 0 atom stereocenters. The van der Waals surface area contributed by atoms with Crippen LogP contribution in [0.25, 0.3) is 0 Å². The fourth-order valence-electron chi connectivity index (χ4n) is 1.79. The van der Waals surface area contributed by atoms with Gasteiger partial charge in [-0.15, -0.1) is 0 Å². The summed E-state index contributed by atoms with van der Waals surface area (Å²) in [4.78, 5) is 20.7. The minimum absolute atomic E-state index is 0.0753. The molecule has 0 aliphatic carbocycles. The van der Waals surface area contributed by atoms with Crippen molar-refractivity contribution in [1.82, 2.24) is 0 Å². The number of benzene rings is 2. The number of rotatable bonds is 4. The van der Waals surface area contributed by atoms with Gasteiger partial charge in [-0.1, -0.05) is 12.1 Å². The van der Waals surface area contributed by atoms with Gasteiger partial charge < -0.3 is 10.5 Å². The molecule has 8 nitrogen and oxygen atoms in total. The van der Waals surface area contributed by atoms with E-state index in [1.165, 1.54) is 30.3 Å². The van der Waals surface area contributed by atoms with Crippen molar-refractivity contribution < 1.29 is 14.6 Å². The van der Waals surface area contributed by atoms with Crippen LogP contribution in [0.4, 0.5) is 17.1 Å². The number of nitrogens with two attached hydrogens (primary N) is 1. The second-order valence-electron chi connectivity index (χ2n) is 4.28. The molecule has 0 spiro atoms. The third kappa shape index (κ3) is 2.89. The number of hydrogen-bond acceptors (Lipinski definition) is 6. The highest BCUT2D eigenvalue weighted by molar-refractivity contribution is 5.67. The average molecular weight is 289 g/mol. The zero-order valence-electron chi connectivity index (χ0n) is 11.0. The van der Waals surface area contributed by atoms with Gasteiger partial charge >= 0.3 is 11.4 Å². The van der Waals surface area contributed by atoms with Gasteiger partial charge in [0.05, 0.1) is 9.85 Å². The number of ether oxygens (including phenoxy) is 1. The molecule has 0 saturated carbocycles. The molecule has 0 unspecified atom stereocenters. The lowest BCUT2D eigenvalue weighted by Gasteiger charge is -2.08. The second kappa shape index (κ2) is 5.45. The summed E-state index contributed by atoms with van der Waals surface area (Å²) < 4.78 is 5.36. The van der Waals surface area contributed by atoms with Crippen molar-refractivity contribution >= 4 is 17.1 Å². The highest BCUT2D eigenvalue weighted by Crippen LogP contribution is 2.39. The molecule has 0 aliphatic heterocycles. The van der Waals surface area contributed by atoms with Gasteiger partial charge in [-0.3, -0.25) is 20.2 Å². The third-order valence-corrected chi connectivity index (χ3v) is 2.74.